The molecule has 4 rings (SSSR count). The molecule has 0 radical (unpaired) electrons. The van der Waals surface area contributed by atoms with Gasteiger partial charge in [-0.05, 0) is 44.4 Å². The molecule has 1 saturated carbocycles. The largest absolute Gasteiger partial charge is 0.492 e. The van der Waals surface area contributed by atoms with E-state index < -0.39 is 0 Å². The number of methoxy groups -OCH3 is 1. The standard InChI is InChI=1S/C21H27N5O3/c1-22-9-11-24(2)12-14-8-10-25(13-14)17-7-6-16-18(19(17)29-3)26(15-4-5-15)21(28)23-20(16)27/h6-7,14-15H,4-5,8-13H2,2-3H3,(H,23,27,28). The van der Waals surface area contributed by atoms with Crippen LogP contribution < -0.4 is 20.9 Å². The molecule has 0 spiro atoms. The van der Waals surface area contributed by atoms with Gasteiger partial charge in [0.15, 0.2) is 5.75 Å². The molecule has 2 fully saturated rings. The fourth-order valence-corrected chi connectivity index (χ4v) is 4.39. The third-order valence-electron chi connectivity index (χ3n) is 5.94. The summed E-state index contributed by atoms with van der Waals surface area (Å²) in [6.07, 6.45) is 2.95. The average molecular weight is 397 g/mol. The van der Waals surface area contributed by atoms with Gasteiger partial charge in [-0.2, -0.15) is 0 Å². The zero-order chi connectivity index (χ0) is 20.5. The van der Waals surface area contributed by atoms with Gasteiger partial charge in [0.25, 0.3) is 5.56 Å². The van der Waals surface area contributed by atoms with Gasteiger partial charge in [0.2, 0.25) is 6.54 Å². The van der Waals surface area contributed by atoms with Crippen LogP contribution in [0.4, 0.5) is 5.69 Å². The van der Waals surface area contributed by atoms with Crippen molar-refractivity contribution in [3.8, 4) is 5.75 Å². The highest BCUT2D eigenvalue weighted by Gasteiger charge is 2.31. The van der Waals surface area contributed by atoms with E-state index in [-0.39, 0.29) is 17.3 Å². The van der Waals surface area contributed by atoms with Gasteiger partial charge in [-0.25, -0.2) is 11.4 Å². The number of benzene rings is 1. The van der Waals surface area contributed by atoms with Gasteiger partial charge in [0.05, 0.1) is 24.7 Å². The Kier molecular flexibility index (Phi) is 5.33. The van der Waals surface area contributed by atoms with Crippen molar-refractivity contribution in [3.05, 3.63) is 44.4 Å². The average Bonchev–Trinajstić information content (AvgIpc) is 3.43. The van der Waals surface area contributed by atoms with E-state index in [2.05, 4.69) is 26.7 Å². The molecule has 1 aliphatic heterocycles. The van der Waals surface area contributed by atoms with Gasteiger partial charge in [-0.3, -0.25) is 19.2 Å². The van der Waals surface area contributed by atoms with E-state index >= 15 is 0 Å². The summed E-state index contributed by atoms with van der Waals surface area (Å²) in [5, 5.41) is 0.492. The van der Waals surface area contributed by atoms with E-state index in [1.165, 1.54) is 0 Å². The molecule has 8 nitrogen and oxygen atoms in total. The van der Waals surface area contributed by atoms with Crippen molar-refractivity contribution in [1.82, 2.24) is 14.5 Å². The SMILES string of the molecule is [C-]#[N+]CCN(C)CC1CCN(c2ccc3c(=O)[nH]c(=O)n(C4CC4)c3c2OC)C1. The van der Waals surface area contributed by atoms with Crippen molar-refractivity contribution in [1.29, 1.82) is 0 Å². The lowest BCUT2D eigenvalue weighted by Crippen LogP contribution is -2.31. The van der Waals surface area contributed by atoms with Crippen LogP contribution in [-0.2, 0) is 0 Å². The number of anilines is 1. The Morgan fingerprint density at radius 3 is 2.79 bits per heavy atom. The minimum absolute atomic E-state index is 0.133. The Bertz CT molecular complexity index is 1060. The van der Waals surface area contributed by atoms with Crippen molar-refractivity contribution >= 4 is 16.6 Å². The third kappa shape index (κ3) is 3.75. The fourth-order valence-electron chi connectivity index (χ4n) is 4.39. The molecule has 154 valence electrons. The number of fused-ring (bicyclic) bond motifs is 1. The molecule has 1 N–H and O–H groups in total. The molecule has 2 aromatic rings. The number of H-pyrrole nitrogens is 1. The predicted molar refractivity (Wildman–Crippen MR) is 113 cm³/mol. The number of nitrogens with zero attached hydrogens (tertiary/aromatic N) is 4. The molecule has 0 bridgehead atoms. The molecule has 1 saturated heterocycles. The van der Waals surface area contributed by atoms with E-state index in [9.17, 15) is 9.59 Å². The highest BCUT2D eigenvalue weighted by atomic mass is 16.5. The third-order valence-corrected chi connectivity index (χ3v) is 5.94. The number of aromatic nitrogens is 2. The Morgan fingerprint density at radius 2 is 2.10 bits per heavy atom. The zero-order valence-corrected chi connectivity index (χ0v) is 17.0. The van der Waals surface area contributed by atoms with Crippen LogP contribution in [0.1, 0.15) is 25.3 Å². The number of hydrogen-bond donors (Lipinski definition) is 1. The maximum Gasteiger partial charge on any atom is 0.329 e. The fraction of sp³-hybridized carbons (Fsp3) is 0.571. The number of likely N-dealkylation sites (N-methyl/N-ethyl adjacent to an activating group) is 1. The van der Waals surface area contributed by atoms with Gasteiger partial charge in [0.1, 0.15) is 5.52 Å². The summed E-state index contributed by atoms with van der Waals surface area (Å²) in [5.41, 5.74) is 0.818. The summed E-state index contributed by atoms with van der Waals surface area (Å²) in [6.45, 7) is 11.0. The summed E-state index contributed by atoms with van der Waals surface area (Å²) in [6, 6.07) is 3.87. The molecular weight excluding hydrogens is 370 g/mol. The first-order chi connectivity index (χ1) is 14.0. The number of ether oxygens (including phenoxy) is 1. The molecule has 1 aliphatic carbocycles. The van der Waals surface area contributed by atoms with Gasteiger partial charge < -0.3 is 14.5 Å². The van der Waals surface area contributed by atoms with Crippen LogP contribution in [0, 0.1) is 12.5 Å². The summed E-state index contributed by atoms with van der Waals surface area (Å²) in [7, 11) is 3.66. The Hall–Kier alpha value is -2.79. The van der Waals surface area contributed by atoms with Crippen molar-refractivity contribution < 1.29 is 4.74 Å². The van der Waals surface area contributed by atoms with Gasteiger partial charge in [-0.1, -0.05) is 0 Å². The van der Waals surface area contributed by atoms with Crippen molar-refractivity contribution in [3.63, 3.8) is 0 Å². The van der Waals surface area contributed by atoms with E-state index in [0.29, 0.717) is 29.1 Å². The van der Waals surface area contributed by atoms with Gasteiger partial charge >= 0.3 is 5.69 Å². The smallest absolute Gasteiger partial charge is 0.329 e. The number of aromatic amines is 1. The van der Waals surface area contributed by atoms with Crippen LogP contribution >= 0.6 is 0 Å². The van der Waals surface area contributed by atoms with Crippen LogP contribution in [-0.4, -0.2) is 61.3 Å². The monoisotopic (exact) mass is 397 g/mol. The Morgan fingerprint density at radius 1 is 1.31 bits per heavy atom. The lowest BCUT2D eigenvalue weighted by Gasteiger charge is -2.24. The lowest BCUT2D eigenvalue weighted by molar-refractivity contribution is 0.298. The summed E-state index contributed by atoms with van der Waals surface area (Å²) < 4.78 is 7.47. The highest BCUT2D eigenvalue weighted by Crippen LogP contribution is 2.41. The molecule has 1 unspecified atom stereocenters. The van der Waals surface area contributed by atoms with E-state index in [1.807, 2.05) is 6.07 Å². The van der Waals surface area contributed by atoms with Gasteiger partial charge in [-0.15, -0.1) is 0 Å². The first-order valence-electron chi connectivity index (χ1n) is 10.2. The Labute approximate surface area is 169 Å². The first kappa shape index (κ1) is 19.5. The topological polar surface area (TPSA) is 74.9 Å². The maximum absolute atomic E-state index is 12.5. The molecule has 29 heavy (non-hydrogen) atoms. The van der Waals surface area contributed by atoms with Crippen LogP contribution in [0.25, 0.3) is 15.7 Å². The predicted octanol–water partition coefficient (Wildman–Crippen LogP) is 1.71. The normalized spacial score (nSPS) is 19.1. The first-order valence-corrected chi connectivity index (χ1v) is 10.2. The van der Waals surface area contributed by atoms with Crippen molar-refractivity contribution in [2.24, 2.45) is 5.92 Å². The van der Waals surface area contributed by atoms with Crippen LogP contribution in [0.2, 0.25) is 0 Å². The number of rotatable bonds is 7. The second-order valence-electron chi connectivity index (χ2n) is 8.12. The molecule has 1 aromatic carbocycles. The van der Waals surface area contributed by atoms with Crippen LogP contribution in [0.5, 0.6) is 5.75 Å². The van der Waals surface area contributed by atoms with E-state index in [4.69, 9.17) is 11.3 Å². The molecule has 2 heterocycles. The van der Waals surface area contributed by atoms with Crippen LogP contribution in [0.15, 0.2) is 21.7 Å². The molecule has 1 atom stereocenters. The zero-order valence-electron chi connectivity index (χ0n) is 17.0. The van der Waals surface area contributed by atoms with Crippen molar-refractivity contribution in [2.75, 3.05) is 51.8 Å². The molecular formula is C21H27N5O3. The number of hydrogen-bond acceptors (Lipinski definition) is 5. The second-order valence-corrected chi connectivity index (χ2v) is 8.12. The minimum atomic E-state index is -0.368. The molecule has 1 aromatic heterocycles. The summed E-state index contributed by atoms with van der Waals surface area (Å²) in [4.78, 5) is 35.3. The second kappa shape index (κ2) is 7.91. The van der Waals surface area contributed by atoms with Crippen molar-refractivity contribution in [2.45, 2.75) is 25.3 Å². The highest BCUT2D eigenvalue weighted by molar-refractivity contribution is 5.90. The molecule has 0 amide bonds. The van der Waals surface area contributed by atoms with Crippen LogP contribution in [0.3, 0.4) is 0 Å². The van der Waals surface area contributed by atoms with E-state index in [1.54, 1.807) is 17.7 Å². The van der Waals surface area contributed by atoms with E-state index in [0.717, 1.165) is 51.1 Å². The minimum Gasteiger partial charge on any atom is -0.492 e. The summed E-state index contributed by atoms with van der Waals surface area (Å²) >= 11 is 0. The summed E-state index contributed by atoms with van der Waals surface area (Å²) in [5.74, 6) is 1.12. The Balaban J connectivity index is 1.67. The maximum atomic E-state index is 12.5. The number of nitrogens with one attached hydrogen (secondary N) is 1. The molecule has 2 aliphatic rings. The lowest BCUT2D eigenvalue weighted by atomic mass is 10.1. The quantitative estimate of drug-likeness (QED) is 0.720. The van der Waals surface area contributed by atoms with Gasteiger partial charge in [0, 0.05) is 25.7 Å². The molecule has 8 heteroatoms.